The van der Waals surface area contributed by atoms with Crippen molar-refractivity contribution in [2.45, 2.75) is 9.79 Å². The molecule has 316 valence electrons. The second-order valence-corrected chi connectivity index (χ2v) is 15.5. The molecular weight excluding hydrogens is 865 g/mol. The maximum atomic E-state index is 13.1. The summed E-state index contributed by atoms with van der Waals surface area (Å²) in [5, 5.41) is 78.6. The summed E-state index contributed by atoms with van der Waals surface area (Å²) in [5.74, 6) is -7.72. The Morgan fingerprint density at radius 2 is 0.774 bits per heavy atom. The predicted octanol–water partition coefficient (Wildman–Crippen LogP) is 7.17. The summed E-state index contributed by atoms with van der Waals surface area (Å²) in [7, 11) is -10.3. The third-order valence-electron chi connectivity index (χ3n) is 8.53. The zero-order chi connectivity index (χ0) is 45.4. The van der Waals surface area contributed by atoms with E-state index in [2.05, 4.69) is 31.1 Å². The highest BCUT2D eigenvalue weighted by atomic mass is 32.2. The smallest absolute Gasteiger partial charge is 0.335 e. The van der Waals surface area contributed by atoms with Gasteiger partial charge in [0.15, 0.2) is 11.5 Å². The van der Waals surface area contributed by atoms with E-state index in [0.29, 0.717) is 0 Å². The Bertz CT molecular complexity index is 2980. The van der Waals surface area contributed by atoms with Gasteiger partial charge in [0, 0.05) is 22.1 Å². The van der Waals surface area contributed by atoms with Crippen LogP contribution in [0.4, 0.5) is 38.9 Å². The fraction of sp³-hybridized carbons (Fsp3) is 0. The monoisotopic (exact) mass is 888 g/mol. The van der Waals surface area contributed by atoms with Crippen LogP contribution in [0.1, 0.15) is 41.4 Å². The summed E-state index contributed by atoms with van der Waals surface area (Å²) in [4.78, 5) is 57.0. The number of nitrogens with one attached hydrogen (secondary N) is 2. The number of urea groups is 1. The van der Waals surface area contributed by atoms with Crippen LogP contribution >= 0.6 is 0 Å². The maximum absolute atomic E-state index is 13.1. The second-order valence-electron chi connectivity index (χ2n) is 12.7. The Labute approximate surface area is 345 Å². The first-order chi connectivity index (χ1) is 29.0. The van der Waals surface area contributed by atoms with Gasteiger partial charge in [0.1, 0.15) is 21.2 Å². The van der Waals surface area contributed by atoms with Gasteiger partial charge >= 0.3 is 29.9 Å². The third-order valence-corrected chi connectivity index (χ3v) is 10.3. The number of azo groups is 2. The zero-order valence-electron chi connectivity index (χ0n) is 30.4. The Hall–Kier alpha value is -8.39. The summed E-state index contributed by atoms with van der Waals surface area (Å²) in [6.45, 7) is 0. The van der Waals surface area contributed by atoms with Crippen LogP contribution in [0.25, 0.3) is 21.5 Å². The number of hydrogen-bond donors (Lipinski definition) is 10. The van der Waals surface area contributed by atoms with Crippen molar-refractivity contribution < 1.29 is 80.6 Å². The molecule has 0 unspecified atom stereocenters. The first-order valence-electron chi connectivity index (χ1n) is 16.7. The van der Waals surface area contributed by atoms with Gasteiger partial charge in [-0.1, -0.05) is 0 Å². The highest BCUT2D eigenvalue weighted by molar-refractivity contribution is 7.86. The number of carbonyl (C=O) groups excluding carboxylic acids is 1. The summed E-state index contributed by atoms with van der Waals surface area (Å²) in [5.41, 5.74) is -4.32. The van der Waals surface area contributed by atoms with E-state index in [9.17, 15) is 80.6 Å². The molecule has 0 aliphatic carbocycles. The summed E-state index contributed by atoms with van der Waals surface area (Å²) < 4.78 is 69.5. The minimum absolute atomic E-state index is 0.0109. The van der Waals surface area contributed by atoms with Gasteiger partial charge < -0.3 is 41.3 Å². The molecule has 0 saturated heterocycles. The molecule has 6 aromatic carbocycles. The van der Waals surface area contributed by atoms with Crippen molar-refractivity contribution in [1.29, 1.82) is 0 Å². The number of nitrogens with zero attached hydrogens (tertiary/aromatic N) is 4. The molecule has 0 aliphatic heterocycles. The average molecular weight is 889 g/mol. The molecule has 6 rings (SSSR count). The van der Waals surface area contributed by atoms with Gasteiger partial charge in [-0.25, -0.2) is 24.0 Å². The normalized spacial score (nSPS) is 11.9. The molecule has 23 nitrogen and oxygen atoms in total. The number of phenolic OH excluding ortho intramolecular Hbond substituents is 2. The van der Waals surface area contributed by atoms with Crippen LogP contribution in [0.2, 0.25) is 0 Å². The van der Waals surface area contributed by atoms with Crippen molar-refractivity contribution >= 4 is 106 Å². The lowest BCUT2D eigenvalue weighted by Crippen LogP contribution is -2.19. The number of aromatic hydroxyl groups is 2. The van der Waals surface area contributed by atoms with Gasteiger partial charge in [-0.3, -0.25) is 9.11 Å². The lowest BCUT2D eigenvalue weighted by Gasteiger charge is -2.13. The highest BCUT2D eigenvalue weighted by Gasteiger charge is 2.25. The molecule has 0 atom stereocenters. The molecule has 2 amide bonds. The topological polar surface area (TPSA) is 389 Å². The van der Waals surface area contributed by atoms with Gasteiger partial charge in [-0.2, -0.15) is 27.1 Å². The summed E-state index contributed by atoms with van der Waals surface area (Å²) in [6.07, 6.45) is 0. The highest BCUT2D eigenvalue weighted by Crippen LogP contribution is 2.44. The Balaban J connectivity index is 1.29. The third kappa shape index (κ3) is 9.24. The number of hydrogen-bond acceptors (Lipinski definition) is 15. The minimum atomic E-state index is -5.16. The van der Waals surface area contributed by atoms with E-state index < -0.39 is 105 Å². The fourth-order valence-corrected chi connectivity index (χ4v) is 7.10. The van der Waals surface area contributed by atoms with Crippen molar-refractivity contribution in [3.8, 4) is 11.5 Å². The number of carboxylic acid groups (broad SMARTS) is 4. The SMILES string of the molecule is O=C(Nc1ccc2c(O)c(N=Nc3cc(C(=O)O)cc(C(=O)O)c3)c(S(=O)(=O)O)cc2c1)Nc1ccc2c(O)c(N=Nc3cc(C(=O)O)cc(C(=O)O)c3)c(S(=O)(=O)O)cc2c1. The van der Waals surface area contributed by atoms with E-state index in [1.165, 1.54) is 36.4 Å². The molecule has 0 heterocycles. The standard InChI is InChI=1S/C37H24N6O17S2/c44-31-25-3-1-21(7-15(25)13-27(61(55,56)57)29(31)42-40-23-9-17(33(46)47)5-18(10-23)34(48)49)38-37(54)39-22-2-4-26-16(8-22)14-28(62(58,59)60)30(32(26)45)43-41-24-11-19(35(50)51)6-20(12-24)36(52)53/h1-14,44-45H,(H,46,47)(H,48,49)(H,50,51)(H,52,53)(H2,38,39,54)(H,55,56,57)(H,58,59,60). The van der Waals surface area contributed by atoms with E-state index in [0.717, 1.165) is 48.5 Å². The summed E-state index contributed by atoms with van der Waals surface area (Å²) in [6, 6.07) is 13.5. The number of aromatic carboxylic acids is 4. The van der Waals surface area contributed by atoms with Gasteiger partial charge in [0.25, 0.3) is 20.2 Å². The molecule has 0 spiro atoms. The molecule has 0 bridgehead atoms. The fourth-order valence-electron chi connectivity index (χ4n) is 5.79. The lowest BCUT2D eigenvalue weighted by molar-refractivity contribution is 0.0676. The van der Waals surface area contributed by atoms with E-state index in [4.69, 9.17) is 0 Å². The number of carbonyl (C=O) groups is 5. The molecule has 62 heavy (non-hydrogen) atoms. The molecule has 0 saturated carbocycles. The number of carboxylic acids is 4. The minimum Gasteiger partial charge on any atom is -0.505 e. The quantitative estimate of drug-likeness (QED) is 0.0430. The molecule has 10 N–H and O–H groups in total. The second kappa shape index (κ2) is 16.3. The van der Waals surface area contributed by atoms with Crippen molar-refractivity contribution in [2.24, 2.45) is 20.5 Å². The molecule has 25 heteroatoms. The van der Waals surface area contributed by atoms with Crippen LogP contribution in [-0.4, -0.2) is 86.5 Å². The number of anilines is 2. The van der Waals surface area contributed by atoms with Crippen LogP contribution in [0.5, 0.6) is 11.5 Å². The van der Waals surface area contributed by atoms with Gasteiger partial charge in [0.2, 0.25) is 0 Å². The van der Waals surface area contributed by atoms with E-state index in [1.54, 1.807) is 0 Å². The van der Waals surface area contributed by atoms with Crippen LogP contribution in [-0.2, 0) is 20.2 Å². The molecule has 0 aliphatic rings. The Kier molecular flexibility index (Phi) is 11.4. The van der Waals surface area contributed by atoms with Crippen molar-refractivity contribution in [3.63, 3.8) is 0 Å². The van der Waals surface area contributed by atoms with Crippen LogP contribution in [0.3, 0.4) is 0 Å². The van der Waals surface area contributed by atoms with Gasteiger partial charge in [-0.05, 0) is 95.7 Å². The predicted molar refractivity (Wildman–Crippen MR) is 213 cm³/mol. The van der Waals surface area contributed by atoms with E-state index in [1.807, 2.05) is 0 Å². The lowest BCUT2D eigenvalue weighted by atomic mass is 10.1. The van der Waals surface area contributed by atoms with E-state index in [-0.39, 0.29) is 44.3 Å². The van der Waals surface area contributed by atoms with Crippen molar-refractivity contribution in [1.82, 2.24) is 0 Å². The Morgan fingerprint density at radius 1 is 0.452 bits per heavy atom. The van der Waals surface area contributed by atoms with E-state index >= 15 is 0 Å². The average Bonchev–Trinajstić information content (AvgIpc) is 3.18. The molecule has 0 radical (unpaired) electrons. The van der Waals surface area contributed by atoms with Crippen LogP contribution < -0.4 is 10.6 Å². The number of fused-ring (bicyclic) bond motifs is 2. The maximum Gasteiger partial charge on any atom is 0.335 e. The molecular formula is C37H24N6O17S2. The largest absolute Gasteiger partial charge is 0.505 e. The molecule has 6 aromatic rings. The van der Waals surface area contributed by atoms with Crippen LogP contribution in [0, 0.1) is 0 Å². The molecule has 0 fully saturated rings. The molecule has 0 aromatic heterocycles. The first-order valence-corrected chi connectivity index (χ1v) is 19.6. The number of amides is 2. The van der Waals surface area contributed by atoms with Crippen LogP contribution in [0.15, 0.2) is 115 Å². The Morgan fingerprint density at radius 3 is 1.06 bits per heavy atom. The number of phenols is 2. The van der Waals surface area contributed by atoms with Crippen molar-refractivity contribution in [2.75, 3.05) is 10.6 Å². The van der Waals surface area contributed by atoms with Gasteiger partial charge in [-0.15, -0.1) is 10.2 Å². The number of benzene rings is 6. The number of rotatable bonds is 12. The van der Waals surface area contributed by atoms with Crippen molar-refractivity contribution in [3.05, 3.63) is 107 Å². The van der Waals surface area contributed by atoms with Gasteiger partial charge in [0.05, 0.1) is 33.6 Å². The zero-order valence-corrected chi connectivity index (χ0v) is 32.1. The first kappa shape index (κ1) is 43.2. The summed E-state index contributed by atoms with van der Waals surface area (Å²) >= 11 is 0.